The van der Waals surface area contributed by atoms with E-state index >= 15 is 0 Å². The fourth-order valence-electron chi connectivity index (χ4n) is 3.03. The van der Waals surface area contributed by atoms with Gasteiger partial charge < -0.3 is 10.2 Å². The van der Waals surface area contributed by atoms with Gasteiger partial charge in [0.25, 0.3) is 5.91 Å². The first-order valence-electron chi connectivity index (χ1n) is 8.16. The number of carbonyl (C=O) groups excluding carboxylic acids is 1. The van der Waals surface area contributed by atoms with Crippen molar-refractivity contribution in [1.29, 1.82) is 0 Å². The van der Waals surface area contributed by atoms with Gasteiger partial charge in [-0.1, -0.05) is 43.3 Å². The fraction of sp³-hybridized carbons (Fsp3) is 0.278. The molecule has 0 saturated carbocycles. The summed E-state index contributed by atoms with van der Waals surface area (Å²) >= 11 is 0. The molecular formula is C18H20N2O5S. The molecule has 2 unspecified atom stereocenters. The molecule has 8 heteroatoms. The molecule has 1 saturated heterocycles. The van der Waals surface area contributed by atoms with Gasteiger partial charge >= 0.3 is 10.2 Å². The smallest absolute Gasteiger partial charge is 0.326 e. The third-order valence-corrected chi connectivity index (χ3v) is 5.76. The highest BCUT2D eigenvalue weighted by atomic mass is 32.2. The molecule has 3 N–H and O–H groups in total. The lowest BCUT2D eigenvalue weighted by molar-refractivity contribution is -0.117. The minimum absolute atomic E-state index is 0.0448. The van der Waals surface area contributed by atoms with Crippen LogP contribution in [0.1, 0.15) is 24.2 Å². The molecule has 1 fully saturated rings. The molecule has 0 radical (unpaired) electrons. The van der Waals surface area contributed by atoms with E-state index in [0.29, 0.717) is 6.42 Å². The Hall–Kier alpha value is -2.58. The number of anilines is 1. The van der Waals surface area contributed by atoms with Gasteiger partial charge in [-0.3, -0.25) is 4.79 Å². The second kappa shape index (κ2) is 6.97. The van der Waals surface area contributed by atoms with Crippen molar-refractivity contribution >= 4 is 21.8 Å². The third kappa shape index (κ3) is 3.66. The van der Waals surface area contributed by atoms with Crippen molar-refractivity contribution in [3.8, 4) is 5.75 Å². The molecule has 7 nitrogen and oxygen atoms in total. The zero-order valence-electron chi connectivity index (χ0n) is 14.2. The van der Waals surface area contributed by atoms with E-state index in [-0.39, 0.29) is 23.9 Å². The Balaban J connectivity index is 1.77. The molecule has 1 aliphatic heterocycles. The Morgan fingerprint density at radius 1 is 1.19 bits per heavy atom. The van der Waals surface area contributed by atoms with E-state index in [9.17, 15) is 23.4 Å². The van der Waals surface area contributed by atoms with Crippen molar-refractivity contribution in [2.75, 3.05) is 10.8 Å². The summed E-state index contributed by atoms with van der Waals surface area (Å²) in [5, 5.41) is 20.7. The molecule has 1 aliphatic rings. The summed E-state index contributed by atoms with van der Waals surface area (Å²) in [7, 11) is -3.96. The Bertz CT molecular complexity index is 914. The predicted octanol–water partition coefficient (Wildman–Crippen LogP) is 1.49. The SMILES string of the molecule is CC(Cc1ccc(N2CC(=O)NS2(=O)=O)c(O)c1)C(O)c1ccccc1. The number of aliphatic hydroxyl groups is 1. The first kappa shape index (κ1) is 18.2. The van der Waals surface area contributed by atoms with Gasteiger partial charge in [0.1, 0.15) is 12.3 Å². The van der Waals surface area contributed by atoms with Crippen molar-refractivity contribution in [3.05, 3.63) is 59.7 Å². The molecule has 2 atom stereocenters. The molecule has 0 aliphatic carbocycles. The van der Waals surface area contributed by atoms with Crippen LogP contribution in [0.25, 0.3) is 0 Å². The number of carbonyl (C=O) groups is 1. The van der Waals surface area contributed by atoms with Crippen LogP contribution in [-0.4, -0.2) is 31.1 Å². The highest BCUT2D eigenvalue weighted by Gasteiger charge is 2.35. The van der Waals surface area contributed by atoms with E-state index in [1.54, 1.807) is 6.07 Å². The van der Waals surface area contributed by atoms with Crippen LogP contribution < -0.4 is 9.03 Å². The molecular weight excluding hydrogens is 356 g/mol. The van der Waals surface area contributed by atoms with Crippen molar-refractivity contribution in [3.63, 3.8) is 0 Å². The van der Waals surface area contributed by atoms with Crippen molar-refractivity contribution in [1.82, 2.24) is 4.72 Å². The maximum Gasteiger partial charge on any atom is 0.326 e. The highest BCUT2D eigenvalue weighted by Crippen LogP contribution is 2.33. The Kier molecular flexibility index (Phi) is 4.88. The second-order valence-corrected chi connectivity index (χ2v) is 7.99. The molecule has 1 amide bonds. The van der Waals surface area contributed by atoms with Crippen LogP contribution in [0.15, 0.2) is 48.5 Å². The summed E-state index contributed by atoms with van der Waals surface area (Å²) in [6, 6.07) is 13.9. The first-order valence-corrected chi connectivity index (χ1v) is 9.60. The second-order valence-electron chi connectivity index (χ2n) is 6.40. The zero-order chi connectivity index (χ0) is 18.9. The van der Waals surface area contributed by atoms with E-state index < -0.39 is 22.2 Å². The number of hydrogen-bond donors (Lipinski definition) is 3. The van der Waals surface area contributed by atoms with Crippen molar-refractivity contribution in [2.45, 2.75) is 19.4 Å². The number of amides is 1. The molecule has 0 bridgehead atoms. The predicted molar refractivity (Wildman–Crippen MR) is 96.8 cm³/mol. The fourth-order valence-corrected chi connectivity index (χ4v) is 4.19. The number of hydrogen-bond acceptors (Lipinski definition) is 5. The van der Waals surface area contributed by atoms with Crippen molar-refractivity contribution < 1.29 is 23.4 Å². The number of rotatable bonds is 5. The van der Waals surface area contributed by atoms with Crippen LogP contribution in [-0.2, 0) is 21.4 Å². The number of phenolic OH excluding ortho intramolecular Hbond substituents is 1. The van der Waals surface area contributed by atoms with Crippen LogP contribution in [0.3, 0.4) is 0 Å². The van der Waals surface area contributed by atoms with E-state index in [1.807, 2.05) is 42.0 Å². The molecule has 2 aromatic rings. The van der Waals surface area contributed by atoms with Crippen LogP contribution in [0.2, 0.25) is 0 Å². The van der Waals surface area contributed by atoms with Crippen LogP contribution in [0, 0.1) is 5.92 Å². The molecule has 26 heavy (non-hydrogen) atoms. The number of aromatic hydroxyl groups is 1. The summed E-state index contributed by atoms with van der Waals surface area (Å²) in [6.07, 6.45) is -0.160. The Morgan fingerprint density at radius 3 is 2.46 bits per heavy atom. The van der Waals surface area contributed by atoms with Crippen LogP contribution in [0.5, 0.6) is 5.75 Å². The summed E-state index contributed by atoms with van der Waals surface area (Å²) in [5.41, 5.74) is 1.61. The minimum atomic E-state index is -3.96. The number of aliphatic hydroxyl groups excluding tert-OH is 1. The van der Waals surface area contributed by atoms with E-state index in [1.165, 1.54) is 12.1 Å². The molecule has 0 aromatic heterocycles. The Labute approximate surface area is 152 Å². The molecule has 138 valence electrons. The maximum atomic E-state index is 11.9. The monoisotopic (exact) mass is 376 g/mol. The molecule has 1 heterocycles. The normalized spacial score (nSPS) is 18.4. The summed E-state index contributed by atoms with van der Waals surface area (Å²) in [4.78, 5) is 11.3. The first-order chi connectivity index (χ1) is 12.3. The summed E-state index contributed by atoms with van der Waals surface area (Å²) < 4.78 is 26.5. The number of phenols is 1. The van der Waals surface area contributed by atoms with E-state index in [2.05, 4.69) is 0 Å². The molecule has 0 spiro atoms. The Morgan fingerprint density at radius 2 is 1.88 bits per heavy atom. The van der Waals surface area contributed by atoms with Gasteiger partial charge in [-0.25, -0.2) is 9.03 Å². The van der Waals surface area contributed by atoms with Gasteiger partial charge in [-0.05, 0) is 35.6 Å². The largest absolute Gasteiger partial charge is 0.506 e. The standard InChI is InChI=1S/C18H20N2O5S/c1-12(18(23)14-5-3-2-4-6-14)9-13-7-8-15(16(21)10-13)20-11-17(22)19-26(20,24)25/h2-8,10,12,18,21,23H,9,11H2,1H3,(H,19,22). The van der Waals surface area contributed by atoms with Gasteiger partial charge in [-0.2, -0.15) is 8.42 Å². The van der Waals surface area contributed by atoms with Gasteiger partial charge in [0, 0.05) is 0 Å². The highest BCUT2D eigenvalue weighted by molar-refractivity contribution is 7.92. The maximum absolute atomic E-state index is 11.9. The van der Waals surface area contributed by atoms with Crippen molar-refractivity contribution in [2.24, 2.45) is 5.92 Å². The number of nitrogens with one attached hydrogen (secondary N) is 1. The third-order valence-electron chi connectivity index (χ3n) is 4.37. The number of nitrogens with zero attached hydrogens (tertiary/aromatic N) is 1. The quantitative estimate of drug-likeness (QED) is 0.733. The molecule has 2 aromatic carbocycles. The number of benzene rings is 2. The lowest BCUT2D eigenvalue weighted by atomic mass is 9.91. The molecule has 3 rings (SSSR count). The van der Waals surface area contributed by atoms with Crippen LogP contribution in [0.4, 0.5) is 5.69 Å². The average molecular weight is 376 g/mol. The average Bonchev–Trinajstić information content (AvgIpc) is 2.87. The van der Waals surface area contributed by atoms with E-state index in [0.717, 1.165) is 15.4 Å². The van der Waals surface area contributed by atoms with Crippen LogP contribution >= 0.6 is 0 Å². The summed E-state index contributed by atoms with van der Waals surface area (Å²) in [6.45, 7) is 1.54. The topological polar surface area (TPSA) is 107 Å². The van der Waals surface area contributed by atoms with Gasteiger partial charge in [0.15, 0.2) is 0 Å². The summed E-state index contributed by atoms with van der Waals surface area (Å²) in [5.74, 6) is -0.988. The lowest BCUT2D eigenvalue weighted by Gasteiger charge is -2.21. The minimum Gasteiger partial charge on any atom is -0.506 e. The van der Waals surface area contributed by atoms with Gasteiger partial charge in [0.2, 0.25) is 0 Å². The lowest BCUT2D eigenvalue weighted by Crippen LogP contribution is -2.29. The zero-order valence-corrected chi connectivity index (χ0v) is 15.0. The van der Waals surface area contributed by atoms with Gasteiger partial charge in [0.05, 0.1) is 11.8 Å². The van der Waals surface area contributed by atoms with E-state index in [4.69, 9.17) is 0 Å². The van der Waals surface area contributed by atoms with Gasteiger partial charge in [-0.15, -0.1) is 0 Å².